The van der Waals surface area contributed by atoms with E-state index in [1.807, 2.05) is 0 Å². The van der Waals surface area contributed by atoms with Gasteiger partial charge in [-0.1, -0.05) is 20.8 Å². The summed E-state index contributed by atoms with van der Waals surface area (Å²) in [6.07, 6.45) is 1.82. The van der Waals surface area contributed by atoms with Gasteiger partial charge in [0.05, 0.1) is 4.47 Å². The lowest BCUT2D eigenvalue weighted by molar-refractivity contribution is 0.300. The molecule has 1 aromatic carbocycles. The first-order chi connectivity index (χ1) is 8.23. The molecule has 0 radical (unpaired) electrons. The molecule has 0 saturated carbocycles. The molecule has 0 saturated heterocycles. The molecule has 102 valence electrons. The lowest BCUT2D eigenvalue weighted by atomic mass is 9.84. The van der Waals surface area contributed by atoms with Crippen molar-refractivity contribution in [2.75, 3.05) is 0 Å². The van der Waals surface area contributed by atoms with Crippen molar-refractivity contribution in [3.05, 3.63) is 33.8 Å². The summed E-state index contributed by atoms with van der Waals surface area (Å²) in [6.45, 7) is 6.20. The van der Waals surface area contributed by atoms with Gasteiger partial charge in [-0.05, 0) is 52.7 Å². The lowest BCUT2D eigenvalue weighted by Gasteiger charge is -2.27. The second-order valence-electron chi connectivity index (χ2n) is 5.69. The fourth-order valence-corrected chi connectivity index (χ4v) is 2.10. The van der Waals surface area contributed by atoms with Crippen molar-refractivity contribution in [3.63, 3.8) is 0 Å². The average molecular weight is 320 g/mol. The summed E-state index contributed by atoms with van der Waals surface area (Å²) in [5.41, 5.74) is 6.19. The van der Waals surface area contributed by atoms with E-state index < -0.39 is 11.6 Å². The third-order valence-corrected chi connectivity index (χ3v) is 3.81. The zero-order valence-corrected chi connectivity index (χ0v) is 12.7. The molecule has 0 fully saturated rings. The number of benzene rings is 1. The van der Waals surface area contributed by atoms with Crippen LogP contribution in [0.5, 0.6) is 0 Å². The molecule has 1 unspecified atom stereocenters. The van der Waals surface area contributed by atoms with Gasteiger partial charge in [0.1, 0.15) is 11.6 Å². The molecule has 0 heterocycles. The molecular weight excluding hydrogens is 300 g/mol. The average Bonchev–Trinajstić information content (AvgIpc) is 2.27. The van der Waals surface area contributed by atoms with E-state index in [2.05, 4.69) is 36.7 Å². The summed E-state index contributed by atoms with van der Waals surface area (Å²) in [4.78, 5) is 0. The minimum atomic E-state index is -0.501. The highest BCUT2D eigenvalue weighted by atomic mass is 79.9. The van der Waals surface area contributed by atoms with E-state index >= 15 is 0 Å². The molecule has 0 aliphatic rings. The van der Waals surface area contributed by atoms with E-state index in [0.717, 1.165) is 6.42 Å². The molecule has 0 bridgehead atoms. The Balaban J connectivity index is 2.63. The standard InChI is InChI=1S/C14H20BrF2N/c1-14(2,3)12(18)6-4-5-9-11(16)8-7-10(15)13(9)17/h7-8,12H,4-6,18H2,1-3H3. The first-order valence-electron chi connectivity index (χ1n) is 6.11. The van der Waals surface area contributed by atoms with Crippen molar-refractivity contribution >= 4 is 15.9 Å². The third-order valence-electron chi connectivity index (χ3n) is 3.19. The van der Waals surface area contributed by atoms with Crippen LogP contribution in [0.25, 0.3) is 0 Å². The summed E-state index contributed by atoms with van der Waals surface area (Å²) in [5, 5.41) is 0. The predicted octanol–water partition coefficient (Wildman–Crippen LogP) is 4.42. The van der Waals surface area contributed by atoms with Gasteiger partial charge in [-0.3, -0.25) is 0 Å². The van der Waals surface area contributed by atoms with E-state index in [4.69, 9.17) is 5.73 Å². The summed E-state index contributed by atoms with van der Waals surface area (Å²) < 4.78 is 27.5. The monoisotopic (exact) mass is 319 g/mol. The SMILES string of the molecule is CC(C)(C)C(N)CCCc1c(F)ccc(Br)c1F. The van der Waals surface area contributed by atoms with Crippen molar-refractivity contribution in [2.45, 2.75) is 46.1 Å². The van der Waals surface area contributed by atoms with Gasteiger partial charge in [0.2, 0.25) is 0 Å². The molecule has 0 spiro atoms. The second kappa shape index (κ2) is 6.11. The minimum absolute atomic E-state index is 0.0222. The maximum atomic E-state index is 13.7. The van der Waals surface area contributed by atoms with Crippen LogP contribution in [-0.2, 0) is 6.42 Å². The number of halogens is 3. The van der Waals surface area contributed by atoms with Gasteiger partial charge in [0, 0.05) is 11.6 Å². The maximum absolute atomic E-state index is 13.7. The minimum Gasteiger partial charge on any atom is -0.327 e. The van der Waals surface area contributed by atoms with Gasteiger partial charge in [-0.15, -0.1) is 0 Å². The van der Waals surface area contributed by atoms with E-state index in [0.29, 0.717) is 17.3 Å². The van der Waals surface area contributed by atoms with Gasteiger partial charge in [0.15, 0.2) is 0 Å². The molecule has 1 aromatic rings. The lowest BCUT2D eigenvalue weighted by Crippen LogP contribution is -2.34. The molecule has 0 aromatic heterocycles. The molecule has 4 heteroatoms. The molecule has 1 atom stereocenters. The summed E-state index contributed by atoms with van der Waals surface area (Å²) in [5.74, 6) is -0.987. The molecule has 0 aliphatic carbocycles. The van der Waals surface area contributed by atoms with Crippen LogP contribution in [0.2, 0.25) is 0 Å². The quantitative estimate of drug-likeness (QED) is 0.817. The van der Waals surface area contributed by atoms with Crippen LogP contribution in [0.3, 0.4) is 0 Å². The Morgan fingerprint density at radius 2 is 1.89 bits per heavy atom. The van der Waals surface area contributed by atoms with E-state index in [1.54, 1.807) is 0 Å². The fourth-order valence-electron chi connectivity index (χ4n) is 1.73. The predicted molar refractivity (Wildman–Crippen MR) is 74.4 cm³/mol. The van der Waals surface area contributed by atoms with Crippen molar-refractivity contribution in [2.24, 2.45) is 11.1 Å². The molecule has 0 aliphatic heterocycles. The molecule has 2 N–H and O–H groups in total. The summed E-state index contributed by atoms with van der Waals surface area (Å²) in [6, 6.07) is 2.71. The summed E-state index contributed by atoms with van der Waals surface area (Å²) in [7, 11) is 0. The topological polar surface area (TPSA) is 26.0 Å². The Labute approximate surface area is 116 Å². The maximum Gasteiger partial charge on any atom is 0.143 e. The van der Waals surface area contributed by atoms with Crippen LogP contribution in [0.1, 0.15) is 39.2 Å². The van der Waals surface area contributed by atoms with Gasteiger partial charge < -0.3 is 5.73 Å². The Kier molecular flexibility index (Phi) is 5.29. The second-order valence-corrected chi connectivity index (χ2v) is 6.54. The smallest absolute Gasteiger partial charge is 0.143 e. The number of hydrogen-bond donors (Lipinski definition) is 1. The van der Waals surface area contributed by atoms with E-state index in [-0.39, 0.29) is 17.0 Å². The van der Waals surface area contributed by atoms with Crippen LogP contribution in [-0.4, -0.2) is 6.04 Å². The highest BCUT2D eigenvalue weighted by Gasteiger charge is 2.20. The van der Waals surface area contributed by atoms with Gasteiger partial charge in [-0.25, -0.2) is 8.78 Å². The number of hydrogen-bond acceptors (Lipinski definition) is 1. The first kappa shape index (κ1) is 15.6. The van der Waals surface area contributed by atoms with Crippen LogP contribution in [0.15, 0.2) is 16.6 Å². The zero-order valence-electron chi connectivity index (χ0n) is 11.1. The van der Waals surface area contributed by atoms with Crippen LogP contribution in [0.4, 0.5) is 8.78 Å². The molecular formula is C14H20BrF2N. The Bertz CT molecular complexity index is 413. The van der Waals surface area contributed by atoms with Crippen LogP contribution in [0, 0.1) is 17.0 Å². The fraction of sp³-hybridized carbons (Fsp3) is 0.571. The molecule has 18 heavy (non-hydrogen) atoms. The first-order valence-corrected chi connectivity index (χ1v) is 6.90. The van der Waals surface area contributed by atoms with Gasteiger partial charge >= 0.3 is 0 Å². The molecule has 0 amide bonds. The van der Waals surface area contributed by atoms with Crippen LogP contribution < -0.4 is 5.73 Å². The Morgan fingerprint density at radius 3 is 2.44 bits per heavy atom. The summed E-state index contributed by atoms with van der Waals surface area (Å²) >= 11 is 3.07. The molecule has 1 nitrogen and oxygen atoms in total. The highest BCUT2D eigenvalue weighted by molar-refractivity contribution is 9.10. The number of nitrogens with two attached hydrogens (primary N) is 1. The van der Waals surface area contributed by atoms with Gasteiger partial charge in [-0.2, -0.15) is 0 Å². The van der Waals surface area contributed by atoms with Crippen molar-refractivity contribution in [1.29, 1.82) is 0 Å². The van der Waals surface area contributed by atoms with Gasteiger partial charge in [0.25, 0.3) is 0 Å². The van der Waals surface area contributed by atoms with E-state index in [1.165, 1.54) is 12.1 Å². The van der Waals surface area contributed by atoms with Crippen LogP contribution >= 0.6 is 15.9 Å². The van der Waals surface area contributed by atoms with Crippen molar-refractivity contribution < 1.29 is 8.78 Å². The zero-order chi connectivity index (χ0) is 13.9. The Morgan fingerprint density at radius 1 is 1.28 bits per heavy atom. The third kappa shape index (κ3) is 4.02. The number of rotatable bonds is 4. The molecule has 1 rings (SSSR count). The normalized spacial score (nSPS) is 13.7. The highest BCUT2D eigenvalue weighted by Crippen LogP contribution is 2.25. The Hall–Kier alpha value is -0.480. The van der Waals surface area contributed by atoms with E-state index in [9.17, 15) is 8.78 Å². The van der Waals surface area contributed by atoms with Crippen molar-refractivity contribution in [1.82, 2.24) is 0 Å². The largest absolute Gasteiger partial charge is 0.327 e. The van der Waals surface area contributed by atoms with Crippen molar-refractivity contribution in [3.8, 4) is 0 Å².